The van der Waals surface area contributed by atoms with Crippen molar-refractivity contribution in [2.24, 2.45) is 0 Å². The third-order valence-corrected chi connectivity index (χ3v) is 0. The molecule has 0 saturated carbocycles. The van der Waals surface area contributed by atoms with Gasteiger partial charge in [0.1, 0.15) is 0 Å². The molecule has 0 radical (unpaired) electrons. The molecular weight excluding hydrogens is 74.1 g/mol. The summed E-state index contributed by atoms with van der Waals surface area (Å²) < 4.78 is 9.56. The minimum absolute atomic E-state index is 0.611. The minimum Gasteiger partial charge on any atom is -0.260 e. The summed E-state index contributed by atoms with van der Waals surface area (Å²) in [5.41, 5.74) is 0. The monoisotopic (exact) mass is 80.0 g/mol. The highest BCUT2D eigenvalue weighted by Crippen LogP contribution is 1.47. The van der Waals surface area contributed by atoms with Gasteiger partial charge in [-0.05, 0) is 0 Å². The Kier molecular flexibility index (Phi) is 1.52. The molecule has 0 spiro atoms. The second kappa shape index (κ2) is 1.47. The van der Waals surface area contributed by atoms with Crippen molar-refractivity contribution in [3.8, 4) is 0 Å². The van der Waals surface area contributed by atoms with Crippen LogP contribution < -0.4 is 0 Å². The van der Waals surface area contributed by atoms with Crippen molar-refractivity contribution in [1.82, 2.24) is 0 Å². The van der Waals surface area contributed by atoms with Crippen molar-refractivity contribution >= 4 is 10.8 Å². The molecule has 0 aromatic heterocycles. The standard InChI is InChI=1S/C2H6OS/c1-4(2)3/h1-2H3/i3+2. The zero-order chi connectivity index (χ0) is 3.58. The Balaban J connectivity index is 2.80. The molecule has 0 N–H and O–H groups in total. The highest BCUT2D eigenvalue weighted by molar-refractivity contribution is 7.83. The van der Waals surface area contributed by atoms with Crippen LogP contribution in [0.25, 0.3) is 0 Å². The van der Waals surface area contributed by atoms with Gasteiger partial charge in [-0.3, -0.25) is 4.21 Å². The van der Waals surface area contributed by atoms with E-state index in [9.17, 15) is 4.21 Å². The van der Waals surface area contributed by atoms with Gasteiger partial charge >= 0.3 is 0 Å². The molecular formula is C2H6OS. The van der Waals surface area contributed by atoms with Crippen molar-refractivity contribution < 1.29 is 4.21 Å². The van der Waals surface area contributed by atoms with Crippen LogP contribution in [0.5, 0.6) is 0 Å². The SMILES string of the molecule is CS(C)=[18O]. The average Bonchev–Trinajstić information content (AvgIpc) is 0.811. The molecule has 0 unspecified atom stereocenters. The predicted molar refractivity (Wildman–Crippen MR) is 20.0 cm³/mol. The molecule has 0 amide bonds. The van der Waals surface area contributed by atoms with Crippen LogP contribution in [0, 0.1) is 0 Å². The lowest BCUT2D eigenvalue weighted by Gasteiger charge is -1.60. The molecule has 0 aliphatic heterocycles. The Morgan fingerprint density at radius 2 is 1.50 bits per heavy atom. The van der Waals surface area contributed by atoms with Gasteiger partial charge in [0.05, 0.1) is 0 Å². The first-order valence-corrected chi connectivity index (χ1v) is 2.95. The normalized spacial score (nSPS) is 8.75. The summed E-state index contributed by atoms with van der Waals surface area (Å²) >= 11 is 0. The smallest absolute Gasteiger partial charge is 0.0148 e. The van der Waals surface area contributed by atoms with E-state index in [0.717, 1.165) is 0 Å². The Labute approximate surface area is 28.5 Å². The van der Waals surface area contributed by atoms with E-state index in [4.69, 9.17) is 0 Å². The molecule has 0 aliphatic carbocycles. The van der Waals surface area contributed by atoms with E-state index in [2.05, 4.69) is 0 Å². The predicted octanol–water partition coefficient (Wildman–Crippen LogP) is -0.00530. The minimum atomic E-state index is -0.611. The number of rotatable bonds is 0. The maximum atomic E-state index is 9.56. The molecule has 0 saturated heterocycles. The topological polar surface area (TPSA) is 17.1 Å². The van der Waals surface area contributed by atoms with E-state index in [-0.39, 0.29) is 0 Å². The molecule has 0 aromatic carbocycles. The lowest BCUT2D eigenvalue weighted by molar-refractivity contribution is 0.690. The van der Waals surface area contributed by atoms with Gasteiger partial charge in [0.2, 0.25) is 0 Å². The van der Waals surface area contributed by atoms with Gasteiger partial charge in [0.25, 0.3) is 0 Å². The van der Waals surface area contributed by atoms with Gasteiger partial charge in [0.15, 0.2) is 0 Å². The molecule has 0 aromatic rings. The van der Waals surface area contributed by atoms with Gasteiger partial charge < -0.3 is 0 Å². The molecule has 1 nitrogen and oxygen atoms in total. The third-order valence-electron chi connectivity index (χ3n) is 0. The van der Waals surface area contributed by atoms with Gasteiger partial charge in [0, 0.05) is 23.3 Å². The van der Waals surface area contributed by atoms with E-state index in [0.29, 0.717) is 0 Å². The first kappa shape index (κ1) is 4.15. The van der Waals surface area contributed by atoms with E-state index < -0.39 is 10.8 Å². The zero-order valence-corrected chi connectivity index (χ0v) is 3.63. The molecule has 4 heavy (non-hydrogen) atoms. The summed E-state index contributed by atoms with van der Waals surface area (Å²) in [6.07, 6.45) is 3.28. The second-order valence-corrected chi connectivity index (χ2v) is 2.22. The fourth-order valence-corrected chi connectivity index (χ4v) is 0. The van der Waals surface area contributed by atoms with Crippen LogP contribution in [0.2, 0.25) is 0 Å². The van der Waals surface area contributed by atoms with Crippen LogP contribution in [-0.2, 0) is 10.8 Å². The summed E-state index contributed by atoms with van der Waals surface area (Å²) in [4.78, 5) is 0. The van der Waals surface area contributed by atoms with Crippen molar-refractivity contribution in [2.45, 2.75) is 0 Å². The Hall–Kier alpha value is 0.150. The summed E-state index contributed by atoms with van der Waals surface area (Å²) in [7, 11) is -0.611. The van der Waals surface area contributed by atoms with E-state index in [1.165, 1.54) is 0 Å². The Morgan fingerprint density at radius 3 is 1.50 bits per heavy atom. The van der Waals surface area contributed by atoms with Crippen molar-refractivity contribution in [3.63, 3.8) is 0 Å². The molecule has 0 atom stereocenters. The van der Waals surface area contributed by atoms with Crippen LogP contribution in [0.15, 0.2) is 0 Å². The maximum absolute atomic E-state index is 9.56. The van der Waals surface area contributed by atoms with Crippen LogP contribution in [0.3, 0.4) is 0 Å². The largest absolute Gasteiger partial charge is 0.260 e. The third kappa shape index (κ3) is 126. The lowest BCUT2D eigenvalue weighted by Crippen LogP contribution is -1.70. The Morgan fingerprint density at radius 1 is 1.50 bits per heavy atom. The van der Waals surface area contributed by atoms with Crippen molar-refractivity contribution in [2.75, 3.05) is 12.5 Å². The van der Waals surface area contributed by atoms with Crippen LogP contribution in [0.4, 0.5) is 0 Å². The van der Waals surface area contributed by atoms with E-state index >= 15 is 0 Å². The van der Waals surface area contributed by atoms with Crippen LogP contribution in [-0.4, -0.2) is 16.7 Å². The second-order valence-electron chi connectivity index (χ2n) is 0.742. The van der Waals surface area contributed by atoms with Crippen LogP contribution >= 0.6 is 0 Å². The number of hydrogen-bond acceptors (Lipinski definition) is 1. The van der Waals surface area contributed by atoms with Crippen LogP contribution in [0.1, 0.15) is 0 Å². The summed E-state index contributed by atoms with van der Waals surface area (Å²) in [6, 6.07) is 0. The fourth-order valence-electron chi connectivity index (χ4n) is 0. The highest BCUT2D eigenvalue weighted by Gasteiger charge is 1.57. The fraction of sp³-hybridized carbons (Fsp3) is 1.00. The zero-order valence-electron chi connectivity index (χ0n) is 2.82. The first-order chi connectivity index (χ1) is 1.73. The molecule has 0 bridgehead atoms. The van der Waals surface area contributed by atoms with Crippen molar-refractivity contribution in [1.29, 1.82) is 0 Å². The van der Waals surface area contributed by atoms with E-state index in [1.807, 2.05) is 0 Å². The first-order valence-electron chi connectivity index (χ1n) is 0.983. The molecule has 0 rings (SSSR count). The lowest BCUT2D eigenvalue weighted by atomic mass is 11.9. The van der Waals surface area contributed by atoms with Crippen molar-refractivity contribution in [3.05, 3.63) is 0 Å². The molecule has 0 aliphatic rings. The summed E-state index contributed by atoms with van der Waals surface area (Å²) in [6.45, 7) is 0. The molecule has 26 valence electrons. The quantitative estimate of drug-likeness (QED) is 0.374. The van der Waals surface area contributed by atoms with Gasteiger partial charge in [-0.1, -0.05) is 0 Å². The molecule has 0 fully saturated rings. The molecule has 0 heterocycles. The summed E-state index contributed by atoms with van der Waals surface area (Å²) in [5.74, 6) is 0. The van der Waals surface area contributed by atoms with E-state index in [1.54, 1.807) is 12.5 Å². The average molecular weight is 80.1 g/mol. The van der Waals surface area contributed by atoms with Gasteiger partial charge in [-0.15, -0.1) is 0 Å². The summed E-state index contributed by atoms with van der Waals surface area (Å²) in [5, 5.41) is 0. The Bertz CT molecular complexity index is 29.0. The highest BCUT2D eigenvalue weighted by atomic mass is 32.2. The van der Waals surface area contributed by atoms with Gasteiger partial charge in [-0.25, -0.2) is 0 Å². The maximum Gasteiger partial charge on any atom is 0.0148 e. The van der Waals surface area contributed by atoms with Gasteiger partial charge in [-0.2, -0.15) is 0 Å². The molecule has 2 heteroatoms. The number of hydrogen-bond donors (Lipinski definition) is 0.